The first-order valence-electron chi connectivity index (χ1n) is 10.5. The maximum Gasteiger partial charge on any atom is 0.0487 e. The maximum atomic E-state index is 2.29. The molecule has 1 nitrogen and oxygen atoms in total. The van der Waals surface area contributed by atoms with E-state index in [1.54, 1.807) is 0 Å². The molecular weight excluding hydrogens is 393 g/mol. The number of hydrogen-bond acceptors (Lipinski definition) is 1. The van der Waals surface area contributed by atoms with E-state index in [4.69, 9.17) is 0 Å². The van der Waals surface area contributed by atoms with Gasteiger partial charge in [0.1, 0.15) is 0 Å². The van der Waals surface area contributed by atoms with Crippen LogP contribution in [0.15, 0.2) is 127 Å². The van der Waals surface area contributed by atoms with Gasteiger partial charge in [0.15, 0.2) is 0 Å². The Morgan fingerprint density at radius 2 is 1.00 bits per heavy atom. The third kappa shape index (κ3) is 3.98. The molecule has 0 aliphatic rings. The van der Waals surface area contributed by atoms with Crippen molar-refractivity contribution in [2.45, 2.75) is 0 Å². The minimum absolute atomic E-state index is 0.579. The predicted octanol–water partition coefficient (Wildman–Crippen LogP) is 6.37. The minimum Gasteiger partial charge on any atom is -0.344 e. The van der Waals surface area contributed by atoms with E-state index in [1.165, 1.54) is 38.1 Å². The second-order valence-electron chi connectivity index (χ2n) is 7.58. The number of nitrogens with zero attached hydrogens (tertiary/aromatic N) is 1. The van der Waals surface area contributed by atoms with Crippen molar-refractivity contribution in [3.05, 3.63) is 127 Å². The zero-order valence-electron chi connectivity index (χ0n) is 17.5. The highest BCUT2D eigenvalue weighted by Gasteiger charge is 2.16. The molecule has 0 amide bonds. The quantitative estimate of drug-likeness (QED) is 0.301. The van der Waals surface area contributed by atoms with Gasteiger partial charge in [-0.3, -0.25) is 0 Å². The van der Waals surface area contributed by atoms with Crippen molar-refractivity contribution in [2.24, 2.45) is 0 Å². The van der Waals surface area contributed by atoms with E-state index in [0.717, 1.165) is 0 Å². The van der Waals surface area contributed by atoms with E-state index < -0.39 is 7.92 Å². The first-order valence-corrected chi connectivity index (χ1v) is 11.9. The van der Waals surface area contributed by atoms with Gasteiger partial charge >= 0.3 is 0 Å². The lowest BCUT2D eigenvalue weighted by Gasteiger charge is -2.23. The van der Waals surface area contributed by atoms with Crippen LogP contribution in [0, 0.1) is 0 Å². The van der Waals surface area contributed by atoms with Crippen LogP contribution in [0.5, 0.6) is 0 Å². The number of rotatable bonds is 5. The van der Waals surface area contributed by atoms with Crippen molar-refractivity contribution in [2.75, 3.05) is 11.9 Å². The molecule has 5 rings (SSSR count). The van der Waals surface area contributed by atoms with Crippen LogP contribution in [-0.2, 0) is 0 Å². The summed E-state index contributed by atoms with van der Waals surface area (Å²) in [6.45, 7) is 0. The van der Waals surface area contributed by atoms with E-state index in [9.17, 15) is 0 Å². The Bertz CT molecular complexity index is 1240. The van der Waals surface area contributed by atoms with Crippen LogP contribution in [0.4, 0.5) is 11.4 Å². The molecule has 5 aromatic rings. The SMILES string of the molecule is CN(c1ccc(P(c2ccccc2)c2ccccc2)cc1)c1cccc2ccccc12. The molecule has 0 saturated heterocycles. The van der Waals surface area contributed by atoms with Gasteiger partial charge in [0.25, 0.3) is 0 Å². The molecule has 150 valence electrons. The molecule has 0 aromatic heterocycles. The highest BCUT2D eigenvalue weighted by molar-refractivity contribution is 7.79. The van der Waals surface area contributed by atoms with Gasteiger partial charge in [-0.15, -0.1) is 0 Å². The maximum absolute atomic E-state index is 2.29. The number of fused-ring (bicyclic) bond motifs is 1. The lowest BCUT2D eigenvalue weighted by molar-refractivity contribution is 1.22. The summed E-state index contributed by atoms with van der Waals surface area (Å²) in [5.74, 6) is 0. The molecular formula is C29H24NP. The van der Waals surface area contributed by atoms with Crippen molar-refractivity contribution in [3.63, 3.8) is 0 Å². The summed E-state index contributed by atoms with van der Waals surface area (Å²) in [5, 5.41) is 6.65. The molecule has 0 radical (unpaired) electrons. The van der Waals surface area contributed by atoms with Gasteiger partial charge < -0.3 is 4.90 Å². The fraction of sp³-hybridized carbons (Fsp3) is 0.0345. The smallest absolute Gasteiger partial charge is 0.0487 e. The summed E-state index contributed by atoms with van der Waals surface area (Å²) in [7, 11) is 1.57. The summed E-state index contributed by atoms with van der Waals surface area (Å²) in [6, 6.07) is 45.8. The molecule has 5 aromatic carbocycles. The molecule has 31 heavy (non-hydrogen) atoms. The summed E-state index contributed by atoms with van der Waals surface area (Å²) < 4.78 is 0. The summed E-state index contributed by atoms with van der Waals surface area (Å²) in [6.07, 6.45) is 0. The Morgan fingerprint density at radius 3 is 1.65 bits per heavy atom. The molecule has 0 aliphatic carbocycles. The molecule has 0 fully saturated rings. The molecule has 0 saturated carbocycles. The predicted molar refractivity (Wildman–Crippen MR) is 137 cm³/mol. The van der Waals surface area contributed by atoms with Crippen LogP contribution in [0.1, 0.15) is 0 Å². The van der Waals surface area contributed by atoms with E-state index >= 15 is 0 Å². The van der Waals surface area contributed by atoms with Crippen LogP contribution in [-0.4, -0.2) is 7.05 Å². The molecule has 0 spiro atoms. The third-order valence-corrected chi connectivity index (χ3v) is 8.10. The van der Waals surface area contributed by atoms with Gasteiger partial charge in [-0.25, -0.2) is 0 Å². The lowest BCUT2D eigenvalue weighted by atomic mass is 10.1. The summed E-state index contributed by atoms with van der Waals surface area (Å²) in [4.78, 5) is 2.28. The van der Waals surface area contributed by atoms with Crippen LogP contribution >= 0.6 is 7.92 Å². The van der Waals surface area contributed by atoms with Crippen molar-refractivity contribution in [1.82, 2.24) is 0 Å². The van der Waals surface area contributed by atoms with Crippen molar-refractivity contribution in [3.8, 4) is 0 Å². The van der Waals surface area contributed by atoms with Crippen molar-refractivity contribution in [1.29, 1.82) is 0 Å². The molecule has 0 bridgehead atoms. The zero-order valence-corrected chi connectivity index (χ0v) is 18.4. The first-order chi connectivity index (χ1) is 15.3. The Hall–Kier alpha value is -3.41. The van der Waals surface area contributed by atoms with Gasteiger partial charge in [-0.1, -0.05) is 109 Å². The Kier molecular flexibility index (Phi) is 5.52. The van der Waals surface area contributed by atoms with Crippen molar-refractivity contribution >= 4 is 46.0 Å². The first kappa shape index (κ1) is 19.5. The van der Waals surface area contributed by atoms with Gasteiger partial charge in [-0.2, -0.15) is 0 Å². The highest BCUT2D eigenvalue weighted by Crippen LogP contribution is 2.35. The van der Waals surface area contributed by atoms with E-state index in [-0.39, 0.29) is 0 Å². The van der Waals surface area contributed by atoms with Gasteiger partial charge in [0, 0.05) is 23.8 Å². The second-order valence-corrected chi connectivity index (χ2v) is 9.80. The van der Waals surface area contributed by atoms with Crippen LogP contribution in [0.2, 0.25) is 0 Å². The van der Waals surface area contributed by atoms with E-state index in [1.807, 2.05) is 0 Å². The fourth-order valence-corrected chi connectivity index (χ4v) is 6.35. The number of anilines is 2. The molecule has 0 N–H and O–H groups in total. The standard InChI is InChI=1S/C29H24NP/c1-30(29-18-10-12-23-11-8-9-17-28(23)29)24-19-21-27(22-20-24)31(25-13-4-2-5-14-25)26-15-6-3-7-16-26/h2-22H,1H3. The monoisotopic (exact) mass is 417 g/mol. The highest BCUT2D eigenvalue weighted by atomic mass is 31.1. The van der Waals surface area contributed by atoms with E-state index in [0.29, 0.717) is 0 Å². The second kappa shape index (κ2) is 8.76. The molecule has 2 heteroatoms. The van der Waals surface area contributed by atoms with Crippen molar-refractivity contribution < 1.29 is 0 Å². The van der Waals surface area contributed by atoms with Gasteiger partial charge in [0.2, 0.25) is 0 Å². The normalized spacial score (nSPS) is 11.0. The molecule has 0 unspecified atom stereocenters. The minimum atomic E-state index is -0.579. The fourth-order valence-electron chi connectivity index (χ4n) is 4.07. The topological polar surface area (TPSA) is 3.24 Å². The Balaban J connectivity index is 1.52. The average Bonchev–Trinajstić information content (AvgIpc) is 2.85. The van der Waals surface area contributed by atoms with E-state index in [2.05, 4.69) is 139 Å². The molecule has 0 heterocycles. The summed E-state index contributed by atoms with van der Waals surface area (Å²) in [5.41, 5.74) is 2.41. The van der Waals surface area contributed by atoms with Crippen LogP contribution < -0.4 is 20.8 Å². The zero-order chi connectivity index (χ0) is 21.0. The Labute approximate surface area is 185 Å². The largest absolute Gasteiger partial charge is 0.344 e. The van der Waals surface area contributed by atoms with Gasteiger partial charge in [0.05, 0.1) is 0 Å². The van der Waals surface area contributed by atoms with Crippen LogP contribution in [0.3, 0.4) is 0 Å². The number of benzene rings is 5. The lowest BCUT2D eigenvalue weighted by Crippen LogP contribution is -2.20. The summed E-state index contributed by atoms with van der Waals surface area (Å²) >= 11 is 0. The Morgan fingerprint density at radius 1 is 0.484 bits per heavy atom. The third-order valence-electron chi connectivity index (χ3n) is 5.65. The van der Waals surface area contributed by atoms with Crippen LogP contribution in [0.25, 0.3) is 10.8 Å². The average molecular weight is 417 g/mol. The van der Waals surface area contributed by atoms with Gasteiger partial charge in [-0.05, 0) is 47.4 Å². The molecule has 0 atom stereocenters. The number of hydrogen-bond donors (Lipinski definition) is 0. The molecule has 0 aliphatic heterocycles.